The minimum Gasteiger partial charge on any atom is -0.503 e. The van der Waals surface area contributed by atoms with Crippen molar-refractivity contribution in [2.24, 2.45) is 5.10 Å². The van der Waals surface area contributed by atoms with E-state index in [-0.39, 0.29) is 10.8 Å². The number of rotatable bonds is 5. The van der Waals surface area contributed by atoms with Crippen molar-refractivity contribution >= 4 is 34.3 Å². The van der Waals surface area contributed by atoms with E-state index in [1.54, 1.807) is 18.3 Å². The Kier molecular flexibility index (Phi) is 5.44. The predicted molar refractivity (Wildman–Crippen MR) is 108 cm³/mol. The Labute approximate surface area is 160 Å². The molecule has 5 nitrogen and oxygen atoms in total. The number of aromatic hydroxyl groups is 1. The molecule has 1 heterocycles. The number of hydrogen-bond acceptors (Lipinski definition) is 6. The second-order valence-corrected chi connectivity index (χ2v) is 7.03. The molecule has 0 aliphatic heterocycles. The summed E-state index contributed by atoms with van der Waals surface area (Å²) in [6.07, 6.45) is 1.59. The number of phenols is 1. The largest absolute Gasteiger partial charge is 0.503 e. The van der Waals surface area contributed by atoms with Gasteiger partial charge in [-0.05, 0) is 48.7 Å². The first kappa shape index (κ1) is 18.2. The molecule has 0 aliphatic carbocycles. The summed E-state index contributed by atoms with van der Waals surface area (Å²) >= 11 is 7.44. The summed E-state index contributed by atoms with van der Waals surface area (Å²) in [5.41, 5.74) is 8.09. The summed E-state index contributed by atoms with van der Waals surface area (Å²) in [5.74, 6) is 0.211. The number of hydrogen-bond donors (Lipinski definition) is 2. The highest BCUT2D eigenvalue weighted by Crippen LogP contribution is 2.34. The number of ether oxygens (including phenoxy) is 1. The molecule has 2 N–H and O–H groups in total. The van der Waals surface area contributed by atoms with Crippen LogP contribution in [0.2, 0.25) is 5.02 Å². The Hall–Kier alpha value is -2.57. The van der Waals surface area contributed by atoms with Crippen LogP contribution in [0.4, 0.5) is 5.13 Å². The molecule has 26 heavy (non-hydrogen) atoms. The fourth-order valence-electron chi connectivity index (χ4n) is 2.34. The van der Waals surface area contributed by atoms with Gasteiger partial charge in [0.15, 0.2) is 11.5 Å². The molecule has 2 aromatic carbocycles. The van der Waals surface area contributed by atoms with Crippen LogP contribution >= 0.6 is 22.9 Å². The monoisotopic (exact) mass is 387 g/mol. The summed E-state index contributed by atoms with van der Waals surface area (Å²) in [6.45, 7) is 4.18. The zero-order chi connectivity index (χ0) is 18.7. The second kappa shape index (κ2) is 7.76. The number of halogens is 1. The molecule has 0 bridgehead atoms. The van der Waals surface area contributed by atoms with Crippen LogP contribution in [0.3, 0.4) is 0 Å². The third-order valence-corrected chi connectivity index (χ3v) is 4.99. The Morgan fingerprint density at radius 1 is 1.23 bits per heavy atom. The molecule has 0 unspecified atom stereocenters. The van der Waals surface area contributed by atoms with Crippen LogP contribution in [0.1, 0.15) is 16.7 Å². The quantitative estimate of drug-likeness (QED) is 0.464. The van der Waals surface area contributed by atoms with Crippen LogP contribution in [0.5, 0.6) is 11.5 Å². The molecule has 0 aliphatic rings. The highest BCUT2D eigenvalue weighted by atomic mass is 35.5. The highest BCUT2D eigenvalue weighted by molar-refractivity contribution is 7.14. The first-order valence-electron chi connectivity index (χ1n) is 7.86. The third-order valence-electron chi connectivity index (χ3n) is 3.95. The van der Waals surface area contributed by atoms with E-state index in [1.165, 1.54) is 29.6 Å². The molecule has 0 spiro atoms. The maximum Gasteiger partial charge on any atom is 0.203 e. The van der Waals surface area contributed by atoms with E-state index in [0.717, 1.165) is 11.3 Å². The number of aryl methyl sites for hydroxylation is 2. The molecule has 0 saturated heterocycles. The molecular formula is C19H18ClN3O2S. The van der Waals surface area contributed by atoms with Gasteiger partial charge in [-0.2, -0.15) is 5.10 Å². The van der Waals surface area contributed by atoms with Crippen molar-refractivity contribution in [2.45, 2.75) is 13.8 Å². The lowest BCUT2D eigenvalue weighted by molar-refractivity contribution is 0.373. The average molecular weight is 388 g/mol. The zero-order valence-electron chi connectivity index (χ0n) is 14.6. The number of hydrazone groups is 1. The number of benzene rings is 2. The zero-order valence-corrected chi connectivity index (χ0v) is 16.1. The van der Waals surface area contributed by atoms with Gasteiger partial charge in [-0.3, -0.25) is 5.43 Å². The Bertz CT molecular complexity index is 969. The van der Waals surface area contributed by atoms with E-state index in [0.29, 0.717) is 16.4 Å². The smallest absolute Gasteiger partial charge is 0.203 e. The summed E-state index contributed by atoms with van der Waals surface area (Å²) in [4.78, 5) is 4.55. The maximum absolute atomic E-state index is 9.75. The Morgan fingerprint density at radius 2 is 2.04 bits per heavy atom. The maximum atomic E-state index is 9.75. The molecular weight excluding hydrogens is 370 g/mol. The lowest BCUT2D eigenvalue weighted by Gasteiger charge is -2.05. The van der Waals surface area contributed by atoms with E-state index in [4.69, 9.17) is 16.3 Å². The average Bonchev–Trinajstić information content (AvgIpc) is 3.09. The van der Waals surface area contributed by atoms with E-state index in [1.807, 2.05) is 5.38 Å². The fraction of sp³-hybridized carbons (Fsp3) is 0.158. The van der Waals surface area contributed by atoms with Crippen LogP contribution in [0.15, 0.2) is 40.8 Å². The van der Waals surface area contributed by atoms with Gasteiger partial charge in [0.25, 0.3) is 0 Å². The second-order valence-electron chi connectivity index (χ2n) is 5.76. The van der Waals surface area contributed by atoms with Gasteiger partial charge in [0.1, 0.15) is 0 Å². The SMILES string of the molecule is COc1cc(/C=N\Nc2nc(-c3ccc(C)c(C)c3)cs2)cc(Cl)c1O. The van der Waals surface area contributed by atoms with E-state index >= 15 is 0 Å². The van der Waals surface area contributed by atoms with Crippen molar-refractivity contribution in [3.8, 4) is 22.8 Å². The number of anilines is 1. The number of nitrogens with one attached hydrogen (secondary N) is 1. The van der Waals surface area contributed by atoms with Crippen LogP contribution in [0.25, 0.3) is 11.3 Å². The van der Waals surface area contributed by atoms with Crippen LogP contribution in [0, 0.1) is 13.8 Å². The number of aromatic nitrogens is 1. The molecule has 0 radical (unpaired) electrons. The van der Waals surface area contributed by atoms with Gasteiger partial charge in [-0.25, -0.2) is 4.98 Å². The summed E-state index contributed by atoms with van der Waals surface area (Å²) in [6, 6.07) is 9.54. The third kappa shape index (κ3) is 3.98. The minimum atomic E-state index is -0.0859. The topological polar surface area (TPSA) is 66.7 Å². The molecule has 0 fully saturated rings. The summed E-state index contributed by atoms with van der Waals surface area (Å²) in [7, 11) is 1.47. The predicted octanol–water partition coefficient (Wildman–Crippen LogP) is 5.24. The number of nitrogens with zero attached hydrogens (tertiary/aromatic N) is 2. The Morgan fingerprint density at radius 3 is 2.77 bits per heavy atom. The normalized spacial score (nSPS) is 11.1. The summed E-state index contributed by atoms with van der Waals surface area (Å²) in [5, 5.41) is 16.8. The van der Waals surface area contributed by atoms with Gasteiger partial charge in [0.2, 0.25) is 5.13 Å². The standard InChI is InChI=1S/C19H18ClN3O2S/c1-11-4-5-14(6-12(11)2)16-10-26-19(22-16)23-21-9-13-7-15(20)18(24)17(8-13)25-3/h4-10,24H,1-3H3,(H,22,23)/b21-9-. The van der Waals surface area contributed by atoms with Crippen LogP contribution in [-0.2, 0) is 0 Å². The lowest BCUT2D eigenvalue weighted by Crippen LogP contribution is -1.92. The fourth-order valence-corrected chi connectivity index (χ4v) is 3.23. The van der Waals surface area contributed by atoms with Gasteiger partial charge in [-0.1, -0.05) is 23.7 Å². The van der Waals surface area contributed by atoms with E-state index in [9.17, 15) is 5.11 Å². The van der Waals surface area contributed by atoms with Gasteiger partial charge >= 0.3 is 0 Å². The number of methoxy groups -OCH3 is 1. The Balaban J connectivity index is 1.73. The van der Waals surface area contributed by atoms with Crippen molar-refractivity contribution in [1.29, 1.82) is 0 Å². The van der Waals surface area contributed by atoms with Crippen molar-refractivity contribution in [2.75, 3.05) is 12.5 Å². The molecule has 3 rings (SSSR count). The molecule has 1 aromatic heterocycles. The van der Waals surface area contributed by atoms with Crippen molar-refractivity contribution in [3.05, 3.63) is 57.4 Å². The van der Waals surface area contributed by atoms with Gasteiger partial charge in [-0.15, -0.1) is 11.3 Å². The first-order valence-corrected chi connectivity index (χ1v) is 9.12. The number of thiazole rings is 1. The first-order chi connectivity index (χ1) is 12.5. The van der Waals surface area contributed by atoms with E-state index < -0.39 is 0 Å². The van der Waals surface area contributed by atoms with Gasteiger partial charge < -0.3 is 9.84 Å². The minimum absolute atomic E-state index is 0.0859. The van der Waals surface area contributed by atoms with Crippen molar-refractivity contribution in [3.63, 3.8) is 0 Å². The van der Waals surface area contributed by atoms with Crippen molar-refractivity contribution in [1.82, 2.24) is 4.98 Å². The van der Waals surface area contributed by atoms with Crippen LogP contribution in [-0.4, -0.2) is 23.4 Å². The van der Waals surface area contributed by atoms with Crippen molar-refractivity contribution < 1.29 is 9.84 Å². The van der Waals surface area contributed by atoms with E-state index in [2.05, 4.69) is 47.6 Å². The van der Waals surface area contributed by atoms with Gasteiger partial charge in [0.05, 0.1) is 24.0 Å². The molecule has 0 amide bonds. The molecule has 0 atom stereocenters. The summed E-state index contributed by atoms with van der Waals surface area (Å²) < 4.78 is 5.07. The molecule has 3 aromatic rings. The molecule has 0 saturated carbocycles. The van der Waals surface area contributed by atoms with Crippen LogP contribution < -0.4 is 10.2 Å². The number of phenolic OH excluding ortho intramolecular Hbond substituents is 1. The molecule has 7 heteroatoms. The lowest BCUT2D eigenvalue weighted by atomic mass is 10.1. The van der Waals surface area contributed by atoms with Gasteiger partial charge in [0, 0.05) is 10.9 Å². The molecule has 134 valence electrons. The highest BCUT2D eigenvalue weighted by Gasteiger charge is 2.08.